The van der Waals surface area contributed by atoms with E-state index in [0.29, 0.717) is 12.2 Å². The summed E-state index contributed by atoms with van der Waals surface area (Å²) in [4.78, 5) is 10.3. The smallest absolute Gasteiger partial charge is 0.271 e. The maximum atomic E-state index is 10.7. The second-order valence-electron chi connectivity index (χ2n) is 3.98. The number of aromatic nitrogens is 2. The van der Waals surface area contributed by atoms with Crippen LogP contribution in [-0.2, 0) is 6.42 Å². The molecule has 0 aliphatic heterocycles. The highest BCUT2D eigenvalue weighted by Gasteiger charge is 2.11. The minimum absolute atomic E-state index is 0.0581. The summed E-state index contributed by atoms with van der Waals surface area (Å²) < 4.78 is 1.69. The van der Waals surface area contributed by atoms with Crippen LogP contribution in [0, 0.1) is 17.0 Å². The minimum Gasteiger partial charge on any atom is -0.330 e. The first-order valence-corrected chi connectivity index (χ1v) is 5.62. The van der Waals surface area contributed by atoms with E-state index in [1.54, 1.807) is 23.0 Å². The first-order chi connectivity index (χ1) is 8.63. The van der Waals surface area contributed by atoms with Crippen molar-refractivity contribution in [3.05, 3.63) is 51.8 Å². The Labute approximate surface area is 104 Å². The monoisotopic (exact) mass is 246 g/mol. The third kappa shape index (κ3) is 2.23. The van der Waals surface area contributed by atoms with Crippen LogP contribution in [0.2, 0.25) is 0 Å². The summed E-state index contributed by atoms with van der Waals surface area (Å²) >= 11 is 0. The number of nitrogens with zero attached hydrogens (tertiary/aromatic N) is 3. The highest BCUT2D eigenvalue weighted by atomic mass is 16.6. The molecule has 0 unspecified atom stereocenters. The second kappa shape index (κ2) is 4.97. The highest BCUT2D eigenvalue weighted by Crippen LogP contribution is 2.19. The standard InChI is InChI=1S/C12H14N4O2/c1-9-10(5-6-13)8-14-15(9)11-3-2-4-12(7-11)16(17)18/h2-4,7-8H,5-6,13H2,1H3. The number of nitro groups is 1. The van der Waals surface area contributed by atoms with Crippen molar-refractivity contribution in [2.45, 2.75) is 13.3 Å². The molecule has 6 nitrogen and oxygen atoms in total. The molecular weight excluding hydrogens is 232 g/mol. The Morgan fingerprint density at radius 1 is 1.50 bits per heavy atom. The van der Waals surface area contributed by atoms with Gasteiger partial charge in [0.15, 0.2) is 0 Å². The summed E-state index contributed by atoms with van der Waals surface area (Å²) in [6.07, 6.45) is 2.50. The number of benzene rings is 1. The van der Waals surface area contributed by atoms with E-state index in [2.05, 4.69) is 5.10 Å². The van der Waals surface area contributed by atoms with Crippen LogP contribution in [0.15, 0.2) is 30.5 Å². The Hall–Kier alpha value is -2.21. The first-order valence-electron chi connectivity index (χ1n) is 5.62. The van der Waals surface area contributed by atoms with E-state index in [9.17, 15) is 10.1 Å². The first kappa shape index (κ1) is 12.3. The molecule has 0 aliphatic carbocycles. The number of hydrogen-bond donors (Lipinski definition) is 1. The molecule has 2 rings (SSSR count). The minimum atomic E-state index is -0.414. The lowest BCUT2D eigenvalue weighted by atomic mass is 10.2. The van der Waals surface area contributed by atoms with E-state index < -0.39 is 4.92 Å². The van der Waals surface area contributed by atoms with Crippen molar-refractivity contribution in [2.24, 2.45) is 5.73 Å². The second-order valence-corrected chi connectivity index (χ2v) is 3.98. The molecule has 94 valence electrons. The fraction of sp³-hybridized carbons (Fsp3) is 0.250. The summed E-state index contributed by atoms with van der Waals surface area (Å²) in [6.45, 7) is 2.48. The predicted octanol–water partition coefficient (Wildman–Crippen LogP) is 1.59. The predicted molar refractivity (Wildman–Crippen MR) is 67.7 cm³/mol. The number of hydrogen-bond acceptors (Lipinski definition) is 4. The molecule has 18 heavy (non-hydrogen) atoms. The SMILES string of the molecule is Cc1c(CCN)cnn1-c1cccc([N+](=O)[O-])c1. The van der Waals surface area contributed by atoms with Crippen molar-refractivity contribution >= 4 is 5.69 Å². The molecule has 6 heteroatoms. The van der Waals surface area contributed by atoms with Gasteiger partial charge in [-0.3, -0.25) is 10.1 Å². The number of non-ortho nitro benzene ring substituents is 1. The highest BCUT2D eigenvalue weighted by molar-refractivity contribution is 5.44. The van der Waals surface area contributed by atoms with Crippen LogP contribution in [0.1, 0.15) is 11.3 Å². The molecular formula is C12H14N4O2. The van der Waals surface area contributed by atoms with Gasteiger partial charge in [-0.05, 0) is 31.5 Å². The molecule has 1 aromatic heterocycles. The molecule has 2 N–H and O–H groups in total. The lowest BCUT2D eigenvalue weighted by molar-refractivity contribution is -0.384. The summed E-state index contributed by atoms with van der Waals surface area (Å²) in [5, 5.41) is 15.0. The van der Waals surface area contributed by atoms with Gasteiger partial charge in [-0.25, -0.2) is 4.68 Å². The molecule has 0 saturated heterocycles. The van der Waals surface area contributed by atoms with Crippen molar-refractivity contribution in [2.75, 3.05) is 6.54 Å². The number of nitro benzene ring substituents is 1. The van der Waals surface area contributed by atoms with Crippen molar-refractivity contribution in [3.63, 3.8) is 0 Å². The molecule has 1 aromatic carbocycles. The van der Waals surface area contributed by atoms with Gasteiger partial charge in [0.2, 0.25) is 0 Å². The maximum absolute atomic E-state index is 10.7. The molecule has 0 atom stereocenters. The fourth-order valence-electron chi connectivity index (χ4n) is 1.84. The van der Waals surface area contributed by atoms with Gasteiger partial charge in [-0.2, -0.15) is 5.10 Å². The van der Waals surface area contributed by atoms with Crippen LogP contribution in [0.4, 0.5) is 5.69 Å². The van der Waals surface area contributed by atoms with Crippen LogP contribution in [-0.4, -0.2) is 21.2 Å². The van der Waals surface area contributed by atoms with Crippen molar-refractivity contribution in [3.8, 4) is 5.69 Å². The fourth-order valence-corrected chi connectivity index (χ4v) is 1.84. The Bertz CT molecular complexity index is 577. The molecule has 0 aliphatic rings. The maximum Gasteiger partial charge on any atom is 0.271 e. The van der Waals surface area contributed by atoms with E-state index in [-0.39, 0.29) is 5.69 Å². The molecule has 0 fully saturated rings. The molecule has 0 bridgehead atoms. The zero-order valence-corrected chi connectivity index (χ0v) is 10.0. The topological polar surface area (TPSA) is 87.0 Å². The van der Waals surface area contributed by atoms with Crippen molar-refractivity contribution < 1.29 is 4.92 Å². The van der Waals surface area contributed by atoms with Crippen LogP contribution in [0.25, 0.3) is 5.69 Å². The lowest BCUT2D eigenvalue weighted by Crippen LogP contribution is -2.04. The zero-order valence-electron chi connectivity index (χ0n) is 10.0. The number of nitrogens with two attached hydrogens (primary N) is 1. The quantitative estimate of drug-likeness (QED) is 0.655. The summed E-state index contributed by atoms with van der Waals surface area (Å²) in [6, 6.07) is 6.41. The van der Waals surface area contributed by atoms with Crippen molar-refractivity contribution in [1.82, 2.24) is 9.78 Å². The average Bonchev–Trinajstić information content (AvgIpc) is 2.72. The van der Waals surface area contributed by atoms with E-state index in [0.717, 1.165) is 17.7 Å². The van der Waals surface area contributed by atoms with E-state index in [1.165, 1.54) is 12.1 Å². The zero-order chi connectivity index (χ0) is 13.1. The van der Waals surface area contributed by atoms with Crippen LogP contribution < -0.4 is 5.73 Å². The molecule has 1 heterocycles. The van der Waals surface area contributed by atoms with Crippen LogP contribution in [0.5, 0.6) is 0 Å². The number of rotatable bonds is 4. The third-order valence-electron chi connectivity index (χ3n) is 2.81. The van der Waals surface area contributed by atoms with Gasteiger partial charge in [-0.15, -0.1) is 0 Å². The molecule has 0 radical (unpaired) electrons. The molecule has 0 saturated carbocycles. The lowest BCUT2D eigenvalue weighted by Gasteiger charge is -2.05. The largest absolute Gasteiger partial charge is 0.330 e. The van der Waals surface area contributed by atoms with E-state index in [4.69, 9.17) is 5.73 Å². The molecule has 0 spiro atoms. The van der Waals surface area contributed by atoms with Gasteiger partial charge >= 0.3 is 0 Å². The third-order valence-corrected chi connectivity index (χ3v) is 2.81. The normalized spacial score (nSPS) is 10.6. The Morgan fingerprint density at radius 2 is 2.28 bits per heavy atom. The van der Waals surface area contributed by atoms with Gasteiger partial charge in [-0.1, -0.05) is 6.07 Å². The van der Waals surface area contributed by atoms with Gasteiger partial charge in [0, 0.05) is 17.8 Å². The Kier molecular flexibility index (Phi) is 3.38. The van der Waals surface area contributed by atoms with Gasteiger partial charge in [0.1, 0.15) is 0 Å². The average molecular weight is 246 g/mol. The van der Waals surface area contributed by atoms with E-state index >= 15 is 0 Å². The summed E-state index contributed by atoms with van der Waals surface area (Å²) in [7, 11) is 0. The molecule has 2 aromatic rings. The Morgan fingerprint density at radius 3 is 2.94 bits per heavy atom. The summed E-state index contributed by atoms with van der Waals surface area (Å²) in [5.74, 6) is 0. The van der Waals surface area contributed by atoms with Crippen LogP contribution in [0.3, 0.4) is 0 Å². The Balaban J connectivity index is 2.42. The van der Waals surface area contributed by atoms with Gasteiger partial charge in [0.05, 0.1) is 16.8 Å². The van der Waals surface area contributed by atoms with Crippen LogP contribution >= 0.6 is 0 Å². The van der Waals surface area contributed by atoms with Gasteiger partial charge in [0.25, 0.3) is 5.69 Å². The summed E-state index contributed by atoms with van der Waals surface area (Å²) in [5.41, 5.74) is 8.28. The van der Waals surface area contributed by atoms with E-state index in [1.807, 2.05) is 6.92 Å². The van der Waals surface area contributed by atoms with Gasteiger partial charge < -0.3 is 5.73 Å². The molecule has 0 amide bonds. The van der Waals surface area contributed by atoms with Crippen molar-refractivity contribution in [1.29, 1.82) is 0 Å².